The summed E-state index contributed by atoms with van der Waals surface area (Å²) in [7, 11) is -3.52. The van der Waals surface area contributed by atoms with Gasteiger partial charge >= 0.3 is 0 Å². The van der Waals surface area contributed by atoms with Gasteiger partial charge < -0.3 is 9.88 Å². The van der Waals surface area contributed by atoms with Crippen LogP contribution in [0.4, 0.5) is 5.69 Å². The maximum Gasteiger partial charge on any atom is 0.243 e. The molecule has 1 aromatic heterocycles. The van der Waals surface area contributed by atoms with Crippen molar-refractivity contribution in [3.05, 3.63) is 58.2 Å². The summed E-state index contributed by atoms with van der Waals surface area (Å²) in [6, 6.07) is 11.4. The molecule has 0 bridgehead atoms. The smallest absolute Gasteiger partial charge is 0.243 e. The number of aromatic amines is 1. The van der Waals surface area contributed by atoms with E-state index < -0.39 is 10.0 Å². The van der Waals surface area contributed by atoms with Crippen molar-refractivity contribution in [3.8, 4) is 0 Å². The third-order valence-corrected chi connectivity index (χ3v) is 8.59. The summed E-state index contributed by atoms with van der Waals surface area (Å²) >= 11 is 6.17. The van der Waals surface area contributed by atoms with E-state index in [1.54, 1.807) is 10.4 Å². The lowest BCUT2D eigenvalue weighted by Gasteiger charge is -2.36. The maximum absolute atomic E-state index is 13.4. The number of sulfonamides is 1. The van der Waals surface area contributed by atoms with E-state index in [0.29, 0.717) is 36.1 Å². The highest BCUT2D eigenvalue weighted by molar-refractivity contribution is 7.89. The van der Waals surface area contributed by atoms with Gasteiger partial charge in [0.05, 0.1) is 4.90 Å². The molecule has 0 unspecified atom stereocenters. The van der Waals surface area contributed by atoms with Gasteiger partial charge in [0.2, 0.25) is 10.0 Å². The molecule has 5 rings (SSSR count). The van der Waals surface area contributed by atoms with E-state index in [0.717, 1.165) is 35.0 Å². The maximum atomic E-state index is 13.4. The first kappa shape index (κ1) is 19.9. The molecule has 2 aromatic carbocycles. The molecule has 0 spiro atoms. The Balaban J connectivity index is 1.39. The number of piperazine rings is 1. The Labute approximate surface area is 182 Å². The van der Waals surface area contributed by atoms with Gasteiger partial charge in [-0.25, -0.2) is 8.42 Å². The molecule has 1 aliphatic carbocycles. The molecule has 5 nitrogen and oxygen atoms in total. The van der Waals surface area contributed by atoms with Crippen molar-refractivity contribution >= 4 is 38.2 Å². The van der Waals surface area contributed by atoms with Crippen LogP contribution in [0.15, 0.2) is 41.3 Å². The molecule has 1 N–H and O–H groups in total. The number of aryl methyl sites for hydroxylation is 3. The van der Waals surface area contributed by atoms with Gasteiger partial charge in [-0.1, -0.05) is 17.7 Å². The predicted molar refractivity (Wildman–Crippen MR) is 122 cm³/mol. The number of benzene rings is 2. The summed E-state index contributed by atoms with van der Waals surface area (Å²) in [5.41, 5.74) is 5.85. The van der Waals surface area contributed by atoms with Crippen molar-refractivity contribution in [2.24, 2.45) is 0 Å². The van der Waals surface area contributed by atoms with Crippen molar-refractivity contribution in [2.45, 2.75) is 37.5 Å². The summed E-state index contributed by atoms with van der Waals surface area (Å²) in [4.78, 5) is 6.10. The Morgan fingerprint density at radius 2 is 1.73 bits per heavy atom. The third kappa shape index (κ3) is 3.41. The lowest BCUT2D eigenvalue weighted by Crippen LogP contribution is -2.48. The zero-order chi connectivity index (χ0) is 20.9. The van der Waals surface area contributed by atoms with Crippen molar-refractivity contribution in [2.75, 3.05) is 31.1 Å². The fourth-order valence-corrected chi connectivity index (χ4v) is 6.40. The minimum Gasteiger partial charge on any atom is -0.369 e. The first-order chi connectivity index (χ1) is 14.4. The van der Waals surface area contributed by atoms with E-state index in [4.69, 9.17) is 11.6 Å². The van der Waals surface area contributed by atoms with Gasteiger partial charge in [0, 0.05) is 53.5 Å². The van der Waals surface area contributed by atoms with Crippen LogP contribution in [0.3, 0.4) is 0 Å². The molecule has 0 amide bonds. The second kappa shape index (κ2) is 7.59. The minimum absolute atomic E-state index is 0.398. The fraction of sp³-hybridized carbons (Fsp3) is 0.391. The molecule has 0 saturated carbocycles. The molecular weight excluding hydrogens is 418 g/mol. The van der Waals surface area contributed by atoms with Crippen LogP contribution in [-0.2, 0) is 22.9 Å². The minimum atomic E-state index is -3.52. The molecule has 3 aromatic rings. The lowest BCUT2D eigenvalue weighted by molar-refractivity contribution is 0.385. The van der Waals surface area contributed by atoms with Gasteiger partial charge in [-0.15, -0.1) is 0 Å². The van der Waals surface area contributed by atoms with Crippen LogP contribution in [0.25, 0.3) is 10.9 Å². The molecule has 7 heteroatoms. The number of halogens is 1. The number of anilines is 1. The predicted octanol–water partition coefficient (Wildman–Crippen LogP) is 4.52. The molecular formula is C23H26ClN3O2S. The topological polar surface area (TPSA) is 56.4 Å². The molecule has 1 saturated heterocycles. The van der Waals surface area contributed by atoms with E-state index >= 15 is 0 Å². The van der Waals surface area contributed by atoms with Gasteiger partial charge in [0.15, 0.2) is 0 Å². The van der Waals surface area contributed by atoms with E-state index in [1.165, 1.54) is 24.1 Å². The molecule has 30 heavy (non-hydrogen) atoms. The first-order valence-corrected chi connectivity index (χ1v) is 12.4. The van der Waals surface area contributed by atoms with Gasteiger partial charge in [-0.3, -0.25) is 0 Å². The number of hydrogen-bond acceptors (Lipinski definition) is 3. The highest BCUT2D eigenvalue weighted by Gasteiger charge is 2.30. The molecule has 0 atom stereocenters. The second-order valence-corrected chi connectivity index (χ2v) is 10.7. The number of hydrogen-bond donors (Lipinski definition) is 1. The van der Waals surface area contributed by atoms with Crippen LogP contribution in [0.5, 0.6) is 0 Å². The van der Waals surface area contributed by atoms with Crippen molar-refractivity contribution < 1.29 is 8.42 Å². The van der Waals surface area contributed by atoms with Crippen molar-refractivity contribution in [1.29, 1.82) is 0 Å². The molecule has 0 radical (unpaired) electrons. The number of aromatic nitrogens is 1. The number of rotatable bonds is 3. The van der Waals surface area contributed by atoms with Crippen LogP contribution in [0.2, 0.25) is 5.02 Å². The normalized spacial score (nSPS) is 18.0. The van der Waals surface area contributed by atoms with E-state index in [9.17, 15) is 8.42 Å². The van der Waals surface area contributed by atoms with Crippen LogP contribution < -0.4 is 4.90 Å². The molecule has 2 heterocycles. The fourth-order valence-electron chi connectivity index (χ4n) is 4.79. The number of nitrogens with one attached hydrogen (secondary N) is 1. The highest BCUT2D eigenvalue weighted by Crippen LogP contribution is 2.32. The molecule has 2 aliphatic rings. The Kier molecular flexibility index (Phi) is 5.04. The summed E-state index contributed by atoms with van der Waals surface area (Å²) < 4.78 is 28.3. The van der Waals surface area contributed by atoms with E-state index in [-0.39, 0.29) is 0 Å². The largest absolute Gasteiger partial charge is 0.369 e. The molecule has 158 valence electrons. The van der Waals surface area contributed by atoms with Gasteiger partial charge in [-0.05, 0) is 74.1 Å². The lowest BCUT2D eigenvalue weighted by atomic mass is 9.96. The first-order valence-electron chi connectivity index (χ1n) is 10.6. The van der Waals surface area contributed by atoms with Crippen LogP contribution >= 0.6 is 11.6 Å². The zero-order valence-corrected chi connectivity index (χ0v) is 18.7. The summed E-state index contributed by atoms with van der Waals surface area (Å²) in [5, 5.41) is 1.77. The van der Waals surface area contributed by atoms with Crippen LogP contribution in [0.1, 0.15) is 29.7 Å². The number of H-pyrrole nitrogens is 1. The second-order valence-electron chi connectivity index (χ2n) is 8.32. The van der Waals surface area contributed by atoms with Gasteiger partial charge in [-0.2, -0.15) is 4.31 Å². The van der Waals surface area contributed by atoms with Crippen LogP contribution in [-0.4, -0.2) is 43.9 Å². The quantitative estimate of drug-likeness (QED) is 0.647. The van der Waals surface area contributed by atoms with Crippen LogP contribution in [0, 0.1) is 6.92 Å². The zero-order valence-electron chi connectivity index (χ0n) is 17.1. The van der Waals surface area contributed by atoms with Crippen molar-refractivity contribution in [3.63, 3.8) is 0 Å². The summed E-state index contributed by atoms with van der Waals surface area (Å²) in [6.45, 7) is 4.31. The standard InChI is InChI=1S/C23H26ClN3O2S/c1-16-6-7-17(24)14-23(16)26-10-12-27(13-11-26)30(28,29)18-8-9-22-20(15-18)19-4-2-3-5-21(19)25-22/h6-9,14-15,25H,2-5,10-13H2,1H3. The molecule has 1 aliphatic heterocycles. The van der Waals surface area contributed by atoms with Gasteiger partial charge in [0.1, 0.15) is 0 Å². The monoisotopic (exact) mass is 443 g/mol. The average molecular weight is 444 g/mol. The summed E-state index contributed by atoms with van der Waals surface area (Å²) in [5.74, 6) is 0. The third-order valence-electron chi connectivity index (χ3n) is 6.46. The summed E-state index contributed by atoms with van der Waals surface area (Å²) in [6.07, 6.45) is 4.44. The van der Waals surface area contributed by atoms with Gasteiger partial charge in [0.25, 0.3) is 0 Å². The Morgan fingerprint density at radius 1 is 0.967 bits per heavy atom. The Bertz CT molecular complexity index is 1210. The SMILES string of the molecule is Cc1ccc(Cl)cc1N1CCN(S(=O)(=O)c2ccc3[nH]c4c(c3c2)CCCC4)CC1. The molecule has 1 fully saturated rings. The number of nitrogens with zero attached hydrogens (tertiary/aromatic N) is 2. The van der Waals surface area contributed by atoms with E-state index in [1.807, 2.05) is 30.3 Å². The van der Waals surface area contributed by atoms with Crippen molar-refractivity contribution in [1.82, 2.24) is 9.29 Å². The Hall–Kier alpha value is -2.02. The average Bonchev–Trinajstić information content (AvgIpc) is 3.13. The Morgan fingerprint density at radius 3 is 2.53 bits per heavy atom. The number of fused-ring (bicyclic) bond motifs is 3. The van der Waals surface area contributed by atoms with E-state index in [2.05, 4.69) is 16.8 Å². The highest BCUT2D eigenvalue weighted by atomic mass is 35.5.